The average Bonchev–Trinajstić information content (AvgIpc) is 1.93. The van der Waals surface area contributed by atoms with Crippen LogP contribution in [0.4, 0.5) is 0 Å². The van der Waals surface area contributed by atoms with E-state index in [2.05, 4.69) is 23.4 Å². The lowest BCUT2D eigenvalue weighted by Crippen LogP contribution is -2.03. The topological polar surface area (TPSA) is 179 Å². The molecule has 0 rings (SSSR count). The quantitative estimate of drug-likeness (QED) is 0.145. The maximum absolute atomic E-state index is 9.43. The maximum atomic E-state index is 9.43. The van der Waals surface area contributed by atoms with Crippen LogP contribution in [0.2, 0.25) is 0 Å². The summed E-state index contributed by atoms with van der Waals surface area (Å²) in [7, 11) is 0. The first-order valence-electron chi connectivity index (χ1n) is 2.23. The number of rotatable bonds is 2. The highest BCUT2D eigenvalue weighted by Crippen LogP contribution is 1.74. The Balaban J connectivity index is -0.000000138. The van der Waals surface area contributed by atoms with Gasteiger partial charge >= 0.3 is 11.9 Å². The molecular weight excluding hydrogens is 156 g/mol. The van der Waals surface area contributed by atoms with E-state index >= 15 is 0 Å². The molecule has 0 amide bonds. The molecule has 10 N–H and O–H groups in total. The van der Waals surface area contributed by atoms with Crippen LogP contribution in [0.25, 0.3) is 0 Å². The molecule has 0 aliphatic rings. The van der Waals surface area contributed by atoms with Gasteiger partial charge in [0.25, 0.3) is 0 Å². The van der Waals surface area contributed by atoms with Crippen molar-refractivity contribution in [3.63, 3.8) is 0 Å². The summed E-state index contributed by atoms with van der Waals surface area (Å²) in [6.07, 6.45) is -0.806. The fourth-order valence-corrected chi connectivity index (χ4v) is 0.129. The normalized spacial score (nSPS) is 6.18. The highest BCUT2D eigenvalue weighted by Gasteiger charge is 2.01. The van der Waals surface area contributed by atoms with E-state index < -0.39 is 18.4 Å². The summed E-state index contributed by atoms with van der Waals surface area (Å²) in [4.78, 5) is 18.9. The molecule has 0 saturated carbocycles. The van der Waals surface area contributed by atoms with E-state index in [4.69, 9.17) is 10.2 Å². The number of carboxylic acid groups (broad SMARTS) is 2. The molecule has 68 valence electrons. The van der Waals surface area contributed by atoms with Crippen LogP contribution in [0.5, 0.6) is 0 Å². The fourth-order valence-electron chi connectivity index (χ4n) is 0.129. The molecule has 0 aromatic carbocycles. The summed E-state index contributed by atoms with van der Waals surface area (Å²) < 4.78 is 0. The zero-order valence-corrected chi connectivity index (χ0v) is 5.73. The molecule has 0 bridgehead atoms. The van der Waals surface area contributed by atoms with Crippen LogP contribution in [0, 0.1) is 0 Å². The molecule has 0 aliphatic heterocycles. The van der Waals surface area contributed by atoms with Crippen LogP contribution in [-0.2, 0) is 9.59 Å². The van der Waals surface area contributed by atoms with Crippen molar-refractivity contribution in [2.24, 2.45) is 23.4 Å². The predicted molar refractivity (Wildman–Crippen MR) is 36.6 cm³/mol. The van der Waals surface area contributed by atoms with Gasteiger partial charge in [0, 0.05) is 0 Å². The van der Waals surface area contributed by atoms with Crippen LogP contribution < -0.4 is 23.4 Å². The molecule has 0 aliphatic carbocycles. The first kappa shape index (κ1) is 16.4. The lowest BCUT2D eigenvalue weighted by Gasteiger charge is -1.80. The van der Waals surface area contributed by atoms with Gasteiger partial charge in [-0.1, -0.05) is 0 Å². The Kier molecular flexibility index (Phi) is 23.7. The predicted octanol–water partition coefficient (Wildman–Crippen LogP) is -2.82. The number of hydrogen-bond acceptors (Lipinski definition) is 6. The summed E-state index contributed by atoms with van der Waals surface area (Å²) in [6.45, 7) is 0. The largest absolute Gasteiger partial charge is 0.481 e. The van der Waals surface area contributed by atoms with Gasteiger partial charge in [-0.05, 0) is 0 Å². The molecule has 0 radical (unpaired) electrons. The number of nitrogens with two attached hydrogens (primary N) is 4. The monoisotopic (exact) mass is 168 g/mol. The van der Waals surface area contributed by atoms with Gasteiger partial charge in [0.05, 0.1) is 0 Å². The van der Waals surface area contributed by atoms with Gasteiger partial charge in [-0.25, -0.2) is 0 Å². The summed E-state index contributed by atoms with van der Waals surface area (Å²) in [5.74, 6) is 13.4. The Morgan fingerprint density at radius 3 is 1.09 bits per heavy atom. The Labute approximate surface area is 62.7 Å². The first-order chi connectivity index (χ1) is 5.13. The van der Waals surface area contributed by atoms with Crippen LogP contribution in [0.15, 0.2) is 0 Å². The molecule has 0 spiro atoms. The van der Waals surface area contributed by atoms with E-state index in [1.807, 2.05) is 0 Å². The van der Waals surface area contributed by atoms with Gasteiger partial charge in [-0.3, -0.25) is 33.0 Å². The number of aliphatic carboxylic acids is 2. The molecule has 0 aromatic rings. The Morgan fingerprint density at radius 1 is 0.909 bits per heavy atom. The Bertz CT molecular complexity index is 93.5. The highest BCUT2D eigenvalue weighted by molar-refractivity contribution is 5.88. The van der Waals surface area contributed by atoms with Crippen LogP contribution >= 0.6 is 0 Å². The molecule has 0 fully saturated rings. The second-order valence-corrected chi connectivity index (χ2v) is 0.964. The van der Waals surface area contributed by atoms with Crippen molar-refractivity contribution in [1.29, 1.82) is 0 Å². The summed E-state index contributed by atoms with van der Waals surface area (Å²) in [5, 5.41) is 15.4. The minimum absolute atomic E-state index is 0.806. The van der Waals surface area contributed by atoms with Crippen molar-refractivity contribution in [3.05, 3.63) is 0 Å². The molecule has 11 heavy (non-hydrogen) atoms. The minimum Gasteiger partial charge on any atom is -0.481 e. The molecule has 0 unspecified atom stereocenters. The average molecular weight is 168 g/mol. The van der Waals surface area contributed by atoms with Crippen molar-refractivity contribution in [2.45, 2.75) is 6.42 Å². The zero-order valence-electron chi connectivity index (χ0n) is 5.73. The van der Waals surface area contributed by atoms with Gasteiger partial charge in [-0.15, -0.1) is 0 Å². The molecular formula is C3H12N4O4. The van der Waals surface area contributed by atoms with E-state index in [1.54, 1.807) is 0 Å². The van der Waals surface area contributed by atoms with Gasteiger partial charge in [-0.2, -0.15) is 0 Å². The Morgan fingerprint density at radius 2 is 1.09 bits per heavy atom. The van der Waals surface area contributed by atoms with Crippen LogP contribution in [0.1, 0.15) is 6.42 Å². The smallest absolute Gasteiger partial charge is 0.314 e. The number of carboxylic acids is 2. The summed E-state index contributed by atoms with van der Waals surface area (Å²) in [5.41, 5.74) is 0. The van der Waals surface area contributed by atoms with Crippen molar-refractivity contribution in [3.8, 4) is 0 Å². The number of carbonyl (C=O) groups is 2. The number of hydrazine groups is 2. The zero-order chi connectivity index (χ0) is 9.86. The maximum Gasteiger partial charge on any atom is 0.314 e. The third-order valence-electron chi connectivity index (χ3n) is 0.302. The summed E-state index contributed by atoms with van der Waals surface area (Å²) in [6, 6.07) is 0. The molecule has 0 heterocycles. The second-order valence-electron chi connectivity index (χ2n) is 0.964. The third-order valence-corrected chi connectivity index (χ3v) is 0.302. The molecule has 8 nitrogen and oxygen atoms in total. The molecule has 0 aromatic heterocycles. The van der Waals surface area contributed by atoms with Gasteiger partial charge in [0.2, 0.25) is 0 Å². The van der Waals surface area contributed by atoms with Crippen molar-refractivity contribution < 1.29 is 19.8 Å². The van der Waals surface area contributed by atoms with Gasteiger partial charge in [0.15, 0.2) is 0 Å². The minimum atomic E-state index is -1.31. The Hall–Kier alpha value is -1.22. The fraction of sp³-hybridized carbons (Fsp3) is 0.333. The SMILES string of the molecule is NN.NN.O=C(O)CC(=O)O. The number of hydrogen-bond donors (Lipinski definition) is 6. The molecule has 8 heteroatoms. The molecule has 0 atom stereocenters. The van der Waals surface area contributed by atoms with Crippen LogP contribution in [0.3, 0.4) is 0 Å². The van der Waals surface area contributed by atoms with Crippen molar-refractivity contribution in [1.82, 2.24) is 0 Å². The van der Waals surface area contributed by atoms with Gasteiger partial charge < -0.3 is 10.2 Å². The molecule has 0 saturated heterocycles. The third kappa shape index (κ3) is 52.2. The standard InChI is InChI=1S/C3H4O4.2H4N2/c4-2(5)1-3(6)7;2*1-2/h1H2,(H,4,5)(H,6,7);2*1-2H2. The van der Waals surface area contributed by atoms with E-state index in [-0.39, 0.29) is 0 Å². The van der Waals surface area contributed by atoms with Crippen molar-refractivity contribution >= 4 is 11.9 Å². The van der Waals surface area contributed by atoms with Gasteiger partial charge in [0.1, 0.15) is 6.42 Å². The van der Waals surface area contributed by atoms with E-state index in [1.165, 1.54) is 0 Å². The van der Waals surface area contributed by atoms with E-state index in [0.717, 1.165) is 0 Å². The van der Waals surface area contributed by atoms with E-state index in [0.29, 0.717) is 0 Å². The first-order valence-corrected chi connectivity index (χ1v) is 2.23. The lowest BCUT2D eigenvalue weighted by atomic mass is 10.5. The van der Waals surface area contributed by atoms with Crippen LogP contribution in [-0.4, -0.2) is 22.2 Å². The van der Waals surface area contributed by atoms with Crippen molar-refractivity contribution in [2.75, 3.05) is 0 Å². The van der Waals surface area contributed by atoms with E-state index in [9.17, 15) is 9.59 Å². The summed E-state index contributed by atoms with van der Waals surface area (Å²) >= 11 is 0. The lowest BCUT2D eigenvalue weighted by molar-refractivity contribution is -0.147. The highest BCUT2D eigenvalue weighted by atomic mass is 16.4. The second kappa shape index (κ2) is 15.9.